The minimum atomic E-state index is -0.241. The van der Waals surface area contributed by atoms with Crippen LogP contribution in [0.15, 0.2) is 41.3 Å². The molecule has 128 valence electrons. The normalized spacial score (nSPS) is 16.6. The summed E-state index contributed by atoms with van der Waals surface area (Å²) in [5.74, 6) is -0.238. The Morgan fingerprint density at radius 2 is 1.60 bits per heavy atom. The largest absolute Gasteiger partial charge is 0.298 e. The Hall–Kier alpha value is -2.33. The quantitative estimate of drug-likeness (QED) is 0.666. The molecule has 0 radical (unpaired) electrons. The number of thioether (sulfide) groups is 1. The van der Waals surface area contributed by atoms with Gasteiger partial charge in [-0.1, -0.05) is 35.9 Å². The van der Waals surface area contributed by atoms with E-state index in [1.165, 1.54) is 16.0 Å². The van der Waals surface area contributed by atoms with Crippen LogP contribution >= 0.6 is 11.8 Å². The molecule has 0 aromatic heterocycles. The molecule has 1 aliphatic rings. The highest BCUT2D eigenvalue weighted by Crippen LogP contribution is 2.40. The van der Waals surface area contributed by atoms with Crippen LogP contribution in [0.1, 0.15) is 34.7 Å². The van der Waals surface area contributed by atoms with Crippen molar-refractivity contribution in [3.8, 4) is 0 Å². The first-order valence-corrected chi connectivity index (χ1v) is 9.03. The number of carbonyl (C=O) groups is 2. The van der Waals surface area contributed by atoms with E-state index >= 15 is 0 Å². The number of imide groups is 1. The van der Waals surface area contributed by atoms with Gasteiger partial charge in [-0.3, -0.25) is 9.59 Å². The number of benzene rings is 2. The molecule has 25 heavy (non-hydrogen) atoms. The fourth-order valence-corrected chi connectivity index (χ4v) is 3.86. The fraction of sp³-hybridized carbons (Fsp3) is 0.238. The monoisotopic (exact) mass is 351 g/mol. The van der Waals surface area contributed by atoms with Gasteiger partial charge in [-0.15, -0.1) is 0 Å². The molecule has 2 aromatic rings. The van der Waals surface area contributed by atoms with Gasteiger partial charge in [0.2, 0.25) is 0 Å². The van der Waals surface area contributed by atoms with Crippen molar-refractivity contribution >= 4 is 34.2 Å². The van der Waals surface area contributed by atoms with E-state index in [9.17, 15) is 9.59 Å². The molecule has 0 unspecified atom stereocenters. The topological polar surface area (TPSA) is 37.4 Å². The zero-order valence-electron chi connectivity index (χ0n) is 15.1. The van der Waals surface area contributed by atoms with E-state index < -0.39 is 0 Å². The van der Waals surface area contributed by atoms with E-state index in [1.54, 1.807) is 0 Å². The lowest BCUT2D eigenvalue weighted by Crippen LogP contribution is -2.28. The van der Waals surface area contributed by atoms with Crippen molar-refractivity contribution in [1.29, 1.82) is 0 Å². The van der Waals surface area contributed by atoms with Crippen LogP contribution in [0, 0.1) is 27.7 Å². The molecule has 0 aliphatic carbocycles. The van der Waals surface area contributed by atoms with E-state index in [4.69, 9.17) is 0 Å². The van der Waals surface area contributed by atoms with Crippen LogP contribution in [0.4, 0.5) is 10.5 Å². The van der Waals surface area contributed by atoms with E-state index in [1.807, 2.05) is 58.0 Å². The number of nitrogens with zero attached hydrogens (tertiary/aromatic N) is 1. The summed E-state index contributed by atoms with van der Waals surface area (Å²) in [4.78, 5) is 27.3. The van der Waals surface area contributed by atoms with Gasteiger partial charge >= 0.3 is 0 Å². The van der Waals surface area contributed by atoms with Crippen molar-refractivity contribution in [3.05, 3.63) is 69.1 Å². The minimum Gasteiger partial charge on any atom is -0.268 e. The average molecular weight is 351 g/mol. The predicted molar refractivity (Wildman–Crippen MR) is 105 cm³/mol. The Labute approximate surface area is 152 Å². The molecule has 0 spiro atoms. The molecule has 1 aliphatic heterocycles. The Kier molecular flexibility index (Phi) is 4.56. The third-order valence-corrected chi connectivity index (χ3v) is 5.69. The molecule has 1 fully saturated rings. The van der Waals surface area contributed by atoms with Crippen LogP contribution in [0.25, 0.3) is 5.57 Å². The van der Waals surface area contributed by atoms with Gasteiger partial charge < -0.3 is 0 Å². The Bertz CT molecular complexity index is 927. The first-order valence-electron chi connectivity index (χ1n) is 8.21. The molecule has 2 aromatic carbocycles. The van der Waals surface area contributed by atoms with Gasteiger partial charge in [0.15, 0.2) is 0 Å². The number of rotatable bonds is 2. The lowest BCUT2D eigenvalue weighted by atomic mass is 10.0. The molecular weight excluding hydrogens is 330 g/mol. The zero-order valence-corrected chi connectivity index (χ0v) is 16.0. The van der Waals surface area contributed by atoms with Gasteiger partial charge in [-0.05, 0) is 80.3 Å². The smallest absolute Gasteiger partial charge is 0.268 e. The van der Waals surface area contributed by atoms with Crippen molar-refractivity contribution < 1.29 is 9.59 Å². The van der Waals surface area contributed by atoms with Gasteiger partial charge in [0.1, 0.15) is 0 Å². The maximum atomic E-state index is 12.9. The Morgan fingerprint density at radius 1 is 0.880 bits per heavy atom. The Morgan fingerprint density at radius 3 is 2.24 bits per heavy atom. The molecule has 3 nitrogen and oxygen atoms in total. The third-order valence-electron chi connectivity index (χ3n) is 4.64. The highest BCUT2D eigenvalue weighted by atomic mass is 32.2. The van der Waals surface area contributed by atoms with Crippen LogP contribution in [0.3, 0.4) is 0 Å². The molecular formula is C21H21NO2S. The molecule has 3 rings (SSSR count). The van der Waals surface area contributed by atoms with Crippen molar-refractivity contribution in [3.63, 3.8) is 0 Å². The summed E-state index contributed by atoms with van der Waals surface area (Å²) in [5, 5.41) is -0.241. The summed E-state index contributed by atoms with van der Waals surface area (Å²) in [6.45, 7) is 9.93. The number of amides is 2. The summed E-state index contributed by atoms with van der Waals surface area (Å²) in [6, 6.07) is 11.9. The number of hydrogen-bond acceptors (Lipinski definition) is 3. The van der Waals surface area contributed by atoms with Gasteiger partial charge in [0.05, 0.1) is 10.6 Å². The molecule has 0 saturated carbocycles. The first kappa shape index (κ1) is 17.5. The lowest BCUT2D eigenvalue weighted by Gasteiger charge is -2.16. The van der Waals surface area contributed by atoms with Crippen molar-refractivity contribution in [2.45, 2.75) is 34.6 Å². The molecule has 1 saturated heterocycles. The number of anilines is 1. The van der Waals surface area contributed by atoms with E-state index in [0.717, 1.165) is 34.0 Å². The van der Waals surface area contributed by atoms with Crippen LogP contribution in [-0.2, 0) is 4.79 Å². The molecule has 0 atom stereocenters. The van der Waals surface area contributed by atoms with Crippen molar-refractivity contribution in [1.82, 2.24) is 0 Å². The van der Waals surface area contributed by atoms with Crippen molar-refractivity contribution in [2.24, 2.45) is 0 Å². The van der Waals surface area contributed by atoms with E-state index in [2.05, 4.69) is 13.0 Å². The van der Waals surface area contributed by atoms with Crippen molar-refractivity contribution in [2.75, 3.05) is 4.90 Å². The predicted octanol–water partition coefficient (Wildman–Crippen LogP) is 5.55. The van der Waals surface area contributed by atoms with Gasteiger partial charge in [0, 0.05) is 0 Å². The maximum Gasteiger partial charge on any atom is 0.298 e. The summed E-state index contributed by atoms with van der Waals surface area (Å²) in [7, 11) is 0. The summed E-state index contributed by atoms with van der Waals surface area (Å²) in [5.41, 5.74) is 6.90. The highest BCUT2D eigenvalue weighted by molar-refractivity contribution is 8.19. The second-order valence-corrected chi connectivity index (χ2v) is 7.51. The molecule has 0 bridgehead atoms. The summed E-state index contributed by atoms with van der Waals surface area (Å²) >= 11 is 1.02. The standard InChI is InChI=1S/C21H21NO2S/c1-12-6-9-18(15(4)10-12)22-20(23)19(25-21(22)24)16(5)17-8-7-13(2)14(3)11-17/h6-11H,1-5H3/b19-16-. The first-order chi connectivity index (χ1) is 11.8. The number of allylic oxidation sites excluding steroid dienone is 1. The summed E-state index contributed by atoms with van der Waals surface area (Å²) < 4.78 is 0. The van der Waals surface area contributed by atoms with Crippen LogP contribution in [0.2, 0.25) is 0 Å². The third kappa shape index (κ3) is 3.14. The van der Waals surface area contributed by atoms with Gasteiger partial charge in [0.25, 0.3) is 11.1 Å². The fourth-order valence-electron chi connectivity index (χ4n) is 2.97. The average Bonchev–Trinajstić information content (AvgIpc) is 2.85. The second-order valence-electron chi connectivity index (χ2n) is 6.55. The van der Waals surface area contributed by atoms with Gasteiger partial charge in [-0.2, -0.15) is 0 Å². The van der Waals surface area contributed by atoms with E-state index in [0.29, 0.717) is 10.6 Å². The molecule has 0 N–H and O–H groups in total. The minimum absolute atomic E-state index is 0.238. The Balaban J connectivity index is 2.04. The molecule has 1 heterocycles. The van der Waals surface area contributed by atoms with E-state index in [-0.39, 0.29) is 11.1 Å². The number of hydrogen-bond donors (Lipinski definition) is 0. The highest BCUT2D eigenvalue weighted by Gasteiger charge is 2.38. The lowest BCUT2D eigenvalue weighted by molar-refractivity contribution is -0.113. The number of carbonyl (C=O) groups excluding carboxylic acids is 2. The maximum absolute atomic E-state index is 12.9. The molecule has 2 amide bonds. The summed E-state index contributed by atoms with van der Waals surface area (Å²) in [6.07, 6.45) is 0. The molecule has 4 heteroatoms. The second kappa shape index (κ2) is 6.52. The SMILES string of the molecule is C/C(=C1/SC(=O)N(c2ccc(C)cc2C)C1=O)c1ccc(C)c(C)c1. The number of aryl methyl sites for hydroxylation is 4. The van der Waals surface area contributed by atoms with Crippen LogP contribution in [-0.4, -0.2) is 11.1 Å². The van der Waals surface area contributed by atoms with Gasteiger partial charge in [-0.25, -0.2) is 4.90 Å². The zero-order chi connectivity index (χ0) is 18.3. The van der Waals surface area contributed by atoms with Crippen LogP contribution < -0.4 is 4.90 Å². The van der Waals surface area contributed by atoms with Crippen LogP contribution in [0.5, 0.6) is 0 Å².